The number of ether oxygens (including phenoxy) is 1. The number of fused-ring (bicyclic) bond motifs is 1. The Balaban J connectivity index is 1.61. The maximum absolute atomic E-state index is 13.3. The Bertz CT molecular complexity index is 1030. The average Bonchev–Trinajstić information content (AvgIpc) is 2.66. The van der Waals surface area contributed by atoms with Crippen LogP contribution in [0.3, 0.4) is 0 Å². The molecular formula is C19H20FN3O5S. The summed E-state index contributed by atoms with van der Waals surface area (Å²) in [6.45, 7) is 1.80. The number of amides is 1. The van der Waals surface area contributed by atoms with E-state index in [1.165, 1.54) is 49.4 Å². The van der Waals surface area contributed by atoms with Crippen LogP contribution in [0.25, 0.3) is 0 Å². The van der Waals surface area contributed by atoms with Crippen LogP contribution in [0.2, 0.25) is 0 Å². The number of nitrogens with zero attached hydrogens (tertiary/aromatic N) is 3. The molecule has 0 bridgehead atoms. The first-order valence-corrected chi connectivity index (χ1v) is 10.4. The number of sulfonamides is 1. The molecule has 1 unspecified atom stereocenters. The predicted octanol–water partition coefficient (Wildman–Crippen LogP) is 1.21. The van der Waals surface area contributed by atoms with E-state index in [1.807, 2.05) is 0 Å². The molecule has 29 heavy (non-hydrogen) atoms. The van der Waals surface area contributed by atoms with Crippen LogP contribution in [0.5, 0.6) is 0 Å². The largest absolute Gasteiger partial charge is 0.449 e. The zero-order valence-electron chi connectivity index (χ0n) is 15.9. The number of rotatable bonds is 5. The molecule has 10 heteroatoms. The van der Waals surface area contributed by atoms with E-state index in [2.05, 4.69) is 4.40 Å². The highest BCUT2D eigenvalue weighted by Crippen LogP contribution is 2.17. The van der Waals surface area contributed by atoms with E-state index in [0.29, 0.717) is 5.56 Å². The fourth-order valence-corrected chi connectivity index (χ4v) is 3.87. The minimum atomic E-state index is -3.48. The molecule has 0 aliphatic carbocycles. The lowest BCUT2D eigenvalue weighted by Gasteiger charge is -2.27. The van der Waals surface area contributed by atoms with Gasteiger partial charge in [-0.1, -0.05) is 12.1 Å². The first-order valence-electron chi connectivity index (χ1n) is 8.84. The quantitative estimate of drug-likeness (QED) is 0.663. The molecule has 3 rings (SSSR count). The van der Waals surface area contributed by atoms with E-state index in [0.717, 1.165) is 0 Å². The van der Waals surface area contributed by atoms with Crippen molar-refractivity contribution in [3.63, 3.8) is 0 Å². The second kappa shape index (κ2) is 8.16. The lowest BCUT2D eigenvalue weighted by molar-refractivity contribution is -0.155. The molecule has 0 aromatic heterocycles. The molecule has 8 nitrogen and oxygen atoms in total. The number of hydrogen-bond donors (Lipinski definition) is 0. The number of carbonyl (C=O) groups is 2. The van der Waals surface area contributed by atoms with Gasteiger partial charge in [-0.25, -0.2) is 17.6 Å². The van der Waals surface area contributed by atoms with Gasteiger partial charge in [0.05, 0.1) is 11.3 Å². The van der Waals surface area contributed by atoms with Crippen LogP contribution in [0, 0.1) is 5.82 Å². The molecule has 1 atom stereocenters. The fraction of sp³-hybridized carbons (Fsp3) is 0.316. The number of esters is 1. The summed E-state index contributed by atoms with van der Waals surface area (Å²) in [6.07, 6.45) is 3.21. The van der Waals surface area contributed by atoms with Gasteiger partial charge in [-0.3, -0.25) is 4.79 Å². The van der Waals surface area contributed by atoms with Crippen molar-refractivity contribution >= 4 is 27.7 Å². The molecule has 154 valence electrons. The van der Waals surface area contributed by atoms with Gasteiger partial charge in [0, 0.05) is 26.3 Å². The molecule has 1 aromatic carbocycles. The van der Waals surface area contributed by atoms with Gasteiger partial charge in [-0.05, 0) is 36.8 Å². The van der Waals surface area contributed by atoms with Gasteiger partial charge >= 0.3 is 5.97 Å². The van der Waals surface area contributed by atoms with Gasteiger partial charge in [-0.15, -0.1) is 4.40 Å². The molecule has 2 aliphatic rings. The van der Waals surface area contributed by atoms with Crippen molar-refractivity contribution in [3.05, 3.63) is 59.6 Å². The van der Waals surface area contributed by atoms with Crippen LogP contribution >= 0.6 is 0 Å². The average molecular weight is 421 g/mol. The second-order valence-electron chi connectivity index (χ2n) is 6.72. The Morgan fingerprint density at radius 3 is 2.83 bits per heavy atom. The highest BCUT2D eigenvalue weighted by Gasteiger charge is 2.27. The van der Waals surface area contributed by atoms with Crippen LogP contribution in [-0.4, -0.2) is 61.4 Å². The van der Waals surface area contributed by atoms with Gasteiger partial charge in [0.15, 0.2) is 6.10 Å². The highest BCUT2D eigenvalue weighted by molar-refractivity contribution is 7.90. The highest BCUT2D eigenvalue weighted by atomic mass is 32.2. The Hall–Kier alpha value is -3.01. The van der Waals surface area contributed by atoms with Gasteiger partial charge in [0.25, 0.3) is 15.9 Å². The number of hydrogen-bond acceptors (Lipinski definition) is 6. The molecule has 1 amide bonds. The summed E-state index contributed by atoms with van der Waals surface area (Å²) in [5.41, 5.74) is 0.792. The Labute approximate surface area is 168 Å². The first kappa shape index (κ1) is 20.7. The lowest BCUT2D eigenvalue weighted by atomic mass is 10.2. The number of amidine groups is 1. The summed E-state index contributed by atoms with van der Waals surface area (Å²) < 4.78 is 45.2. The van der Waals surface area contributed by atoms with Gasteiger partial charge in [0.2, 0.25) is 0 Å². The van der Waals surface area contributed by atoms with Crippen LogP contribution in [-0.2, 0) is 30.9 Å². The fourth-order valence-electron chi connectivity index (χ4n) is 2.90. The van der Waals surface area contributed by atoms with Crippen LogP contribution in [0.4, 0.5) is 4.39 Å². The van der Waals surface area contributed by atoms with Crippen LogP contribution in [0.1, 0.15) is 12.5 Å². The molecule has 2 aliphatic heterocycles. The zero-order chi connectivity index (χ0) is 21.2. The Morgan fingerprint density at radius 1 is 1.34 bits per heavy atom. The summed E-state index contributed by atoms with van der Waals surface area (Å²) in [5.74, 6) is -1.47. The minimum absolute atomic E-state index is 0.150. The third kappa shape index (κ3) is 5.08. The van der Waals surface area contributed by atoms with Crippen molar-refractivity contribution in [3.8, 4) is 0 Å². The molecule has 0 saturated heterocycles. The van der Waals surface area contributed by atoms with E-state index in [-0.39, 0.29) is 30.3 Å². The summed E-state index contributed by atoms with van der Waals surface area (Å²) in [7, 11) is -1.95. The summed E-state index contributed by atoms with van der Waals surface area (Å²) in [5, 5.41) is 0. The summed E-state index contributed by atoms with van der Waals surface area (Å²) in [4.78, 5) is 27.8. The number of carbonyl (C=O) groups excluding carboxylic acids is 2. The third-order valence-corrected chi connectivity index (χ3v) is 5.54. The lowest BCUT2D eigenvalue weighted by Crippen LogP contribution is -2.39. The van der Waals surface area contributed by atoms with Gasteiger partial charge in [-0.2, -0.15) is 0 Å². The monoisotopic (exact) mass is 421 g/mol. The third-order valence-electron chi connectivity index (χ3n) is 4.38. The summed E-state index contributed by atoms with van der Waals surface area (Å²) >= 11 is 0. The maximum atomic E-state index is 13.3. The van der Waals surface area contributed by atoms with Crippen LogP contribution < -0.4 is 0 Å². The second-order valence-corrected chi connectivity index (χ2v) is 8.47. The topological polar surface area (TPSA) is 96.3 Å². The van der Waals surface area contributed by atoms with E-state index < -0.39 is 33.8 Å². The molecule has 0 saturated carbocycles. The standard InChI is InChI=1S/C19H20FN3O5S/c1-13(18(24)22(2)11-14-4-3-5-16(20)10-14)28-19(25)15-6-7-17-21-29(26,27)9-8-23(17)12-15/h3-7,10,12-13H,8-9,11H2,1-2H3. The molecule has 0 N–H and O–H groups in total. The minimum Gasteiger partial charge on any atom is -0.449 e. The van der Waals surface area contributed by atoms with E-state index >= 15 is 0 Å². The van der Waals surface area contributed by atoms with Crippen molar-refractivity contribution in [2.45, 2.75) is 19.6 Å². The molecule has 2 heterocycles. The number of benzene rings is 1. The van der Waals surface area contributed by atoms with E-state index in [9.17, 15) is 22.4 Å². The molecule has 0 spiro atoms. The maximum Gasteiger partial charge on any atom is 0.340 e. The number of likely N-dealkylation sites (N-methyl/N-ethyl adjacent to an activating group) is 1. The SMILES string of the molecule is CC(OC(=O)C1=CN2CCS(=O)(=O)N=C2C=C1)C(=O)N(C)Cc1cccc(F)c1. The predicted molar refractivity (Wildman–Crippen MR) is 104 cm³/mol. The molecule has 1 aromatic rings. The van der Waals surface area contributed by atoms with Crippen molar-refractivity contribution < 1.29 is 27.1 Å². The number of halogens is 1. The zero-order valence-corrected chi connectivity index (χ0v) is 16.7. The van der Waals surface area contributed by atoms with Gasteiger partial charge in [0.1, 0.15) is 11.7 Å². The Morgan fingerprint density at radius 2 is 2.10 bits per heavy atom. The Kier molecular flexibility index (Phi) is 5.83. The van der Waals surface area contributed by atoms with Gasteiger partial charge < -0.3 is 14.5 Å². The summed E-state index contributed by atoms with van der Waals surface area (Å²) in [6, 6.07) is 5.89. The van der Waals surface area contributed by atoms with Crippen molar-refractivity contribution in [2.75, 3.05) is 19.3 Å². The van der Waals surface area contributed by atoms with E-state index in [4.69, 9.17) is 4.74 Å². The van der Waals surface area contributed by atoms with Crippen molar-refractivity contribution in [1.29, 1.82) is 0 Å². The smallest absolute Gasteiger partial charge is 0.340 e. The molecular weight excluding hydrogens is 401 g/mol. The van der Waals surface area contributed by atoms with Crippen LogP contribution in [0.15, 0.2) is 52.6 Å². The normalized spacial score (nSPS) is 18.2. The van der Waals surface area contributed by atoms with Crippen molar-refractivity contribution in [1.82, 2.24) is 9.80 Å². The first-order chi connectivity index (χ1) is 13.6. The molecule has 0 fully saturated rings. The van der Waals surface area contributed by atoms with E-state index in [1.54, 1.807) is 17.0 Å². The van der Waals surface area contributed by atoms with Crippen molar-refractivity contribution in [2.24, 2.45) is 4.40 Å². The molecule has 0 radical (unpaired) electrons.